The molecule has 0 unspecified atom stereocenters. The van der Waals surface area contributed by atoms with Crippen LogP contribution in [-0.4, -0.2) is 37.6 Å². The van der Waals surface area contributed by atoms with Gasteiger partial charge in [-0.15, -0.1) is 5.10 Å². The highest BCUT2D eigenvalue weighted by Crippen LogP contribution is 1.99. The summed E-state index contributed by atoms with van der Waals surface area (Å²) >= 11 is 0. The van der Waals surface area contributed by atoms with Gasteiger partial charge in [0.1, 0.15) is 5.69 Å². The molecule has 0 bridgehead atoms. The SMILES string of the molecule is O=C(O)c1cccc(CNCCCn2ccnn2)n1. The lowest BCUT2D eigenvalue weighted by atomic mass is 10.3. The van der Waals surface area contributed by atoms with Gasteiger partial charge in [-0.1, -0.05) is 11.3 Å². The molecule has 0 aromatic carbocycles. The maximum Gasteiger partial charge on any atom is 0.354 e. The van der Waals surface area contributed by atoms with Crippen molar-refractivity contribution < 1.29 is 9.90 Å². The molecule has 2 rings (SSSR count). The van der Waals surface area contributed by atoms with E-state index >= 15 is 0 Å². The second-order valence-corrected chi connectivity index (χ2v) is 4.02. The largest absolute Gasteiger partial charge is 0.477 e. The number of hydrogen-bond donors (Lipinski definition) is 2. The van der Waals surface area contributed by atoms with Crippen molar-refractivity contribution in [3.8, 4) is 0 Å². The Labute approximate surface area is 110 Å². The van der Waals surface area contributed by atoms with E-state index in [1.54, 1.807) is 23.0 Å². The van der Waals surface area contributed by atoms with E-state index in [4.69, 9.17) is 5.11 Å². The van der Waals surface area contributed by atoms with E-state index in [0.717, 1.165) is 25.2 Å². The van der Waals surface area contributed by atoms with Gasteiger partial charge in [0.05, 0.1) is 11.9 Å². The highest BCUT2D eigenvalue weighted by atomic mass is 16.4. The molecule has 19 heavy (non-hydrogen) atoms. The monoisotopic (exact) mass is 261 g/mol. The maximum absolute atomic E-state index is 10.8. The number of nitrogens with one attached hydrogen (secondary N) is 1. The van der Waals surface area contributed by atoms with E-state index in [2.05, 4.69) is 20.6 Å². The fourth-order valence-electron chi connectivity index (χ4n) is 1.63. The van der Waals surface area contributed by atoms with Gasteiger partial charge in [0.25, 0.3) is 0 Å². The van der Waals surface area contributed by atoms with Crippen LogP contribution in [0.25, 0.3) is 0 Å². The molecule has 2 heterocycles. The molecule has 0 amide bonds. The molecular formula is C12H15N5O2. The standard InChI is InChI=1S/C12H15N5O2/c18-12(19)11-4-1-3-10(15-11)9-13-5-2-7-17-8-6-14-16-17/h1,3-4,6,8,13H,2,5,7,9H2,(H,18,19). The minimum Gasteiger partial charge on any atom is -0.477 e. The summed E-state index contributed by atoms with van der Waals surface area (Å²) in [6.45, 7) is 2.16. The summed E-state index contributed by atoms with van der Waals surface area (Å²) in [5.41, 5.74) is 0.794. The Morgan fingerprint density at radius 3 is 3.05 bits per heavy atom. The van der Waals surface area contributed by atoms with Gasteiger partial charge in [-0.05, 0) is 25.1 Å². The van der Waals surface area contributed by atoms with Gasteiger partial charge in [-0.2, -0.15) is 0 Å². The molecule has 0 aliphatic rings. The van der Waals surface area contributed by atoms with Crippen LogP contribution in [0.1, 0.15) is 22.6 Å². The predicted molar refractivity (Wildman–Crippen MR) is 67.5 cm³/mol. The fourth-order valence-corrected chi connectivity index (χ4v) is 1.63. The smallest absolute Gasteiger partial charge is 0.354 e. The molecular weight excluding hydrogens is 246 g/mol. The van der Waals surface area contributed by atoms with Gasteiger partial charge in [0, 0.05) is 19.3 Å². The van der Waals surface area contributed by atoms with Crippen LogP contribution in [0.4, 0.5) is 0 Å². The Kier molecular flexibility index (Phi) is 4.57. The third-order valence-corrected chi connectivity index (χ3v) is 2.54. The van der Waals surface area contributed by atoms with Crippen molar-refractivity contribution in [1.82, 2.24) is 25.3 Å². The van der Waals surface area contributed by atoms with Crippen LogP contribution in [0, 0.1) is 0 Å². The predicted octanol–water partition coefficient (Wildman–Crippen LogP) is 0.551. The summed E-state index contributed by atoms with van der Waals surface area (Å²) in [6.07, 6.45) is 4.38. The highest BCUT2D eigenvalue weighted by Gasteiger charge is 2.04. The molecule has 7 heteroatoms. The Morgan fingerprint density at radius 2 is 2.32 bits per heavy atom. The summed E-state index contributed by atoms with van der Waals surface area (Å²) in [4.78, 5) is 14.8. The first-order valence-electron chi connectivity index (χ1n) is 6.00. The molecule has 2 aromatic heterocycles. The molecule has 100 valence electrons. The van der Waals surface area contributed by atoms with Gasteiger partial charge < -0.3 is 10.4 Å². The minimum absolute atomic E-state index is 0.0712. The van der Waals surface area contributed by atoms with Crippen LogP contribution in [0.3, 0.4) is 0 Å². The fraction of sp³-hybridized carbons (Fsp3) is 0.333. The molecule has 0 aliphatic carbocycles. The second-order valence-electron chi connectivity index (χ2n) is 4.02. The van der Waals surface area contributed by atoms with E-state index in [0.29, 0.717) is 6.54 Å². The number of carboxylic acids is 1. The zero-order valence-corrected chi connectivity index (χ0v) is 10.4. The van der Waals surface area contributed by atoms with Gasteiger partial charge in [0.2, 0.25) is 0 Å². The van der Waals surface area contributed by atoms with Crippen molar-refractivity contribution in [2.24, 2.45) is 0 Å². The van der Waals surface area contributed by atoms with E-state index in [-0.39, 0.29) is 5.69 Å². The molecule has 0 fully saturated rings. The zero-order valence-electron chi connectivity index (χ0n) is 10.4. The topological polar surface area (TPSA) is 92.9 Å². The number of rotatable bonds is 7. The van der Waals surface area contributed by atoms with Crippen molar-refractivity contribution in [3.05, 3.63) is 42.0 Å². The summed E-state index contributed by atoms with van der Waals surface area (Å²) < 4.78 is 1.77. The second kappa shape index (κ2) is 6.60. The van der Waals surface area contributed by atoms with Crippen LogP contribution >= 0.6 is 0 Å². The first kappa shape index (κ1) is 13.2. The lowest BCUT2D eigenvalue weighted by molar-refractivity contribution is 0.0690. The Morgan fingerprint density at radius 1 is 1.42 bits per heavy atom. The lowest BCUT2D eigenvalue weighted by Gasteiger charge is -2.05. The van der Waals surface area contributed by atoms with Crippen molar-refractivity contribution >= 4 is 5.97 Å². The van der Waals surface area contributed by atoms with Crippen LogP contribution in [0.2, 0.25) is 0 Å². The van der Waals surface area contributed by atoms with Crippen molar-refractivity contribution in [2.45, 2.75) is 19.5 Å². The normalized spacial score (nSPS) is 10.5. The van der Waals surface area contributed by atoms with Gasteiger partial charge >= 0.3 is 5.97 Å². The Bertz CT molecular complexity index is 527. The number of aryl methyl sites for hydroxylation is 1. The number of pyridine rings is 1. The number of carboxylic acid groups (broad SMARTS) is 1. The molecule has 0 atom stereocenters. The van der Waals surface area contributed by atoms with Gasteiger partial charge in [-0.3, -0.25) is 4.68 Å². The van der Waals surface area contributed by atoms with Crippen LogP contribution in [0.5, 0.6) is 0 Å². The number of hydrogen-bond acceptors (Lipinski definition) is 5. The van der Waals surface area contributed by atoms with Crippen molar-refractivity contribution in [2.75, 3.05) is 6.54 Å². The van der Waals surface area contributed by atoms with Gasteiger partial charge in [-0.25, -0.2) is 9.78 Å². The summed E-state index contributed by atoms with van der Waals surface area (Å²) in [6, 6.07) is 4.98. The molecule has 0 aliphatic heterocycles. The van der Waals surface area contributed by atoms with E-state index in [1.807, 2.05) is 6.20 Å². The minimum atomic E-state index is -1.01. The van der Waals surface area contributed by atoms with Gasteiger partial charge in [0.15, 0.2) is 0 Å². The number of aromatic nitrogens is 4. The first-order valence-corrected chi connectivity index (χ1v) is 6.00. The number of aromatic carboxylic acids is 1. The molecule has 0 spiro atoms. The van der Waals surface area contributed by atoms with E-state index in [9.17, 15) is 4.79 Å². The molecule has 0 saturated carbocycles. The molecule has 0 radical (unpaired) electrons. The Balaban J connectivity index is 1.70. The molecule has 2 aromatic rings. The zero-order chi connectivity index (χ0) is 13.5. The number of nitrogens with zero attached hydrogens (tertiary/aromatic N) is 4. The first-order chi connectivity index (χ1) is 9.25. The molecule has 0 saturated heterocycles. The van der Waals surface area contributed by atoms with E-state index in [1.165, 1.54) is 6.07 Å². The van der Waals surface area contributed by atoms with Crippen molar-refractivity contribution in [3.63, 3.8) is 0 Å². The highest BCUT2D eigenvalue weighted by molar-refractivity contribution is 5.85. The Hall–Kier alpha value is -2.28. The summed E-state index contributed by atoms with van der Waals surface area (Å²) in [5.74, 6) is -1.01. The third-order valence-electron chi connectivity index (χ3n) is 2.54. The van der Waals surface area contributed by atoms with Crippen molar-refractivity contribution in [1.29, 1.82) is 0 Å². The number of carbonyl (C=O) groups is 1. The molecule has 2 N–H and O–H groups in total. The third kappa shape index (κ3) is 4.14. The average molecular weight is 261 g/mol. The summed E-state index contributed by atoms with van der Waals surface area (Å²) in [7, 11) is 0. The quantitative estimate of drug-likeness (QED) is 0.707. The molecule has 7 nitrogen and oxygen atoms in total. The lowest BCUT2D eigenvalue weighted by Crippen LogP contribution is -2.18. The van der Waals surface area contributed by atoms with Crippen LogP contribution < -0.4 is 5.32 Å². The van der Waals surface area contributed by atoms with Crippen LogP contribution in [-0.2, 0) is 13.1 Å². The maximum atomic E-state index is 10.8. The van der Waals surface area contributed by atoms with Crippen LogP contribution in [0.15, 0.2) is 30.6 Å². The average Bonchev–Trinajstić information content (AvgIpc) is 2.92. The van der Waals surface area contributed by atoms with E-state index < -0.39 is 5.97 Å². The summed E-state index contributed by atoms with van der Waals surface area (Å²) in [5, 5.41) is 19.6.